The first-order valence-electron chi connectivity index (χ1n) is 8.25. The summed E-state index contributed by atoms with van der Waals surface area (Å²) in [6, 6.07) is 1.40. The number of nitrogens with zero attached hydrogens (tertiary/aromatic N) is 1. The van der Waals surface area contributed by atoms with Crippen molar-refractivity contribution in [3.63, 3.8) is 0 Å². The standard InChI is InChI=1S/C16H32N2O/c1-4-6-15-11-18(16(9-17-15)13(2)3)10-14-7-5-8-19-12-14/h13-17H,4-12H2,1-3H3. The molecule has 2 heterocycles. The first kappa shape index (κ1) is 15.3. The van der Waals surface area contributed by atoms with Crippen LogP contribution >= 0.6 is 0 Å². The lowest BCUT2D eigenvalue weighted by Crippen LogP contribution is -2.59. The van der Waals surface area contributed by atoms with Gasteiger partial charge in [0.25, 0.3) is 0 Å². The van der Waals surface area contributed by atoms with E-state index in [0.717, 1.165) is 31.6 Å². The Bertz CT molecular complexity index is 251. The summed E-state index contributed by atoms with van der Waals surface area (Å²) in [5.74, 6) is 1.50. The Kier molecular flexibility index (Phi) is 6.11. The first-order valence-corrected chi connectivity index (χ1v) is 8.25. The van der Waals surface area contributed by atoms with Crippen LogP contribution in [0.5, 0.6) is 0 Å². The minimum atomic E-state index is 0.699. The SMILES string of the molecule is CCCC1CN(CC2CCCOC2)C(C(C)C)CN1. The molecule has 0 amide bonds. The third-order valence-electron chi connectivity index (χ3n) is 4.69. The normalized spacial score (nSPS) is 33.8. The molecule has 2 rings (SSSR count). The van der Waals surface area contributed by atoms with E-state index in [9.17, 15) is 0 Å². The number of rotatable bonds is 5. The van der Waals surface area contributed by atoms with Crippen LogP contribution in [0.15, 0.2) is 0 Å². The van der Waals surface area contributed by atoms with E-state index in [1.54, 1.807) is 0 Å². The quantitative estimate of drug-likeness (QED) is 0.829. The molecular weight excluding hydrogens is 236 g/mol. The number of ether oxygens (including phenoxy) is 1. The van der Waals surface area contributed by atoms with E-state index in [4.69, 9.17) is 4.74 Å². The molecule has 0 radical (unpaired) electrons. The van der Waals surface area contributed by atoms with E-state index in [1.165, 1.54) is 38.8 Å². The van der Waals surface area contributed by atoms with Gasteiger partial charge in [-0.3, -0.25) is 4.90 Å². The zero-order valence-corrected chi connectivity index (χ0v) is 13.0. The van der Waals surface area contributed by atoms with E-state index >= 15 is 0 Å². The minimum absolute atomic E-state index is 0.699. The largest absolute Gasteiger partial charge is 0.381 e. The Hall–Kier alpha value is -0.120. The molecule has 1 N–H and O–H groups in total. The Balaban J connectivity index is 1.90. The maximum absolute atomic E-state index is 5.65. The molecule has 0 saturated carbocycles. The van der Waals surface area contributed by atoms with Gasteiger partial charge in [-0.1, -0.05) is 27.2 Å². The van der Waals surface area contributed by atoms with Crippen LogP contribution in [-0.4, -0.2) is 49.8 Å². The number of hydrogen-bond acceptors (Lipinski definition) is 3. The van der Waals surface area contributed by atoms with Crippen molar-refractivity contribution in [2.24, 2.45) is 11.8 Å². The molecule has 2 saturated heterocycles. The molecule has 0 aromatic carbocycles. The fourth-order valence-corrected chi connectivity index (χ4v) is 3.59. The second kappa shape index (κ2) is 7.61. The van der Waals surface area contributed by atoms with Crippen LogP contribution in [0.2, 0.25) is 0 Å². The van der Waals surface area contributed by atoms with Gasteiger partial charge in [0.1, 0.15) is 0 Å². The zero-order valence-electron chi connectivity index (χ0n) is 13.0. The minimum Gasteiger partial charge on any atom is -0.381 e. The van der Waals surface area contributed by atoms with Crippen LogP contribution in [-0.2, 0) is 4.74 Å². The molecule has 0 aromatic heterocycles. The summed E-state index contributed by atoms with van der Waals surface area (Å²) in [4.78, 5) is 2.75. The lowest BCUT2D eigenvalue weighted by atomic mass is 9.94. The van der Waals surface area contributed by atoms with Gasteiger partial charge >= 0.3 is 0 Å². The maximum Gasteiger partial charge on any atom is 0.0506 e. The van der Waals surface area contributed by atoms with E-state index < -0.39 is 0 Å². The van der Waals surface area contributed by atoms with Crippen LogP contribution < -0.4 is 5.32 Å². The Morgan fingerprint density at radius 3 is 2.84 bits per heavy atom. The van der Waals surface area contributed by atoms with Crippen LogP contribution in [0.4, 0.5) is 0 Å². The monoisotopic (exact) mass is 268 g/mol. The molecule has 3 unspecified atom stereocenters. The Morgan fingerprint density at radius 2 is 2.21 bits per heavy atom. The number of hydrogen-bond donors (Lipinski definition) is 1. The molecule has 2 aliphatic heterocycles. The van der Waals surface area contributed by atoms with Gasteiger partial charge in [0.2, 0.25) is 0 Å². The maximum atomic E-state index is 5.65. The molecule has 19 heavy (non-hydrogen) atoms. The van der Waals surface area contributed by atoms with Crippen molar-refractivity contribution in [2.75, 3.05) is 32.8 Å². The molecule has 0 aliphatic carbocycles. The average molecular weight is 268 g/mol. The van der Waals surface area contributed by atoms with Crippen molar-refractivity contribution in [2.45, 2.75) is 58.5 Å². The summed E-state index contributed by atoms with van der Waals surface area (Å²) in [5, 5.41) is 3.75. The first-order chi connectivity index (χ1) is 9.20. The van der Waals surface area contributed by atoms with Crippen LogP contribution in [0.3, 0.4) is 0 Å². The summed E-state index contributed by atoms with van der Waals surface area (Å²) in [6.45, 7) is 12.6. The van der Waals surface area contributed by atoms with Gasteiger partial charge in [-0.2, -0.15) is 0 Å². The van der Waals surface area contributed by atoms with Gasteiger partial charge in [-0.05, 0) is 31.1 Å². The fourth-order valence-electron chi connectivity index (χ4n) is 3.59. The third kappa shape index (κ3) is 4.44. The second-order valence-corrected chi connectivity index (χ2v) is 6.74. The molecule has 3 heteroatoms. The fraction of sp³-hybridized carbons (Fsp3) is 1.00. The van der Waals surface area contributed by atoms with Gasteiger partial charge in [0.05, 0.1) is 6.61 Å². The highest BCUT2D eigenvalue weighted by Gasteiger charge is 2.31. The molecule has 0 bridgehead atoms. The van der Waals surface area contributed by atoms with Gasteiger partial charge < -0.3 is 10.1 Å². The molecule has 0 aromatic rings. The lowest BCUT2D eigenvalue weighted by Gasteiger charge is -2.44. The third-order valence-corrected chi connectivity index (χ3v) is 4.69. The highest BCUT2D eigenvalue weighted by molar-refractivity contribution is 4.88. The average Bonchev–Trinajstić information content (AvgIpc) is 2.40. The van der Waals surface area contributed by atoms with E-state index in [-0.39, 0.29) is 0 Å². The molecule has 2 fully saturated rings. The van der Waals surface area contributed by atoms with Crippen molar-refractivity contribution >= 4 is 0 Å². The summed E-state index contributed by atoms with van der Waals surface area (Å²) in [7, 11) is 0. The van der Waals surface area contributed by atoms with Gasteiger partial charge in [-0.25, -0.2) is 0 Å². The summed E-state index contributed by atoms with van der Waals surface area (Å²) < 4.78 is 5.65. The van der Waals surface area contributed by atoms with Crippen molar-refractivity contribution in [1.29, 1.82) is 0 Å². The van der Waals surface area contributed by atoms with E-state index in [2.05, 4.69) is 31.0 Å². The van der Waals surface area contributed by atoms with Crippen LogP contribution in [0, 0.1) is 11.8 Å². The van der Waals surface area contributed by atoms with Crippen molar-refractivity contribution in [3.05, 3.63) is 0 Å². The topological polar surface area (TPSA) is 24.5 Å². The molecular formula is C16H32N2O. The summed E-state index contributed by atoms with van der Waals surface area (Å²) in [5.41, 5.74) is 0. The molecule has 0 spiro atoms. The molecule has 112 valence electrons. The Labute approximate surface area is 119 Å². The van der Waals surface area contributed by atoms with Gasteiger partial charge in [-0.15, -0.1) is 0 Å². The van der Waals surface area contributed by atoms with Crippen molar-refractivity contribution < 1.29 is 4.74 Å². The highest BCUT2D eigenvalue weighted by atomic mass is 16.5. The highest BCUT2D eigenvalue weighted by Crippen LogP contribution is 2.22. The number of piperazine rings is 1. The second-order valence-electron chi connectivity index (χ2n) is 6.74. The summed E-state index contributed by atoms with van der Waals surface area (Å²) in [6.07, 6.45) is 5.20. The predicted octanol–water partition coefficient (Wildman–Crippen LogP) is 2.51. The van der Waals surface area contributed by atoms with E-state index in [1.807, 2.05) is 0 Å². The van der Waals surface area contributed by atoms with Crippen molar-refractivity contribution in [1.82, 2.24) is 10.2 Å². The number of nitrogens with one attached hydrogen (secondary N) is 1. The lowest BCUT2D eigenvalue weighted by molar-refractivity contribution is 0.0137. The van der Waals surface area contributed by atoms with Crippen molar-refractivity contribution in [3.8, 4) is 0 Å². The van der Waals surface area contributed by atoms with Crippen LogP contribution in [0.1, 0.15) is 46.5 Å². The molecule has 3 nitrogen and oxygen atoms in total. The summed E-state index contributed by atoms with van der Waals surface area (Å²) >= 11 is 0. The van der Waals surface area contributed by atoms with E-state index in [0.29, 0.717) is 12.1 Å². The van der Waals surface area contributed by atoms with Gasteiger partial charge in [0.15, 0.2) is 0 Å². The van der Waals surface area contributed by atoms with Gasteiger partial charge in [0, 0.05) is 38.3 Å². The van der Waals surface area contributed by atoms with Crippen LogP contribution in [0.25, 0.3) is 0 Å². The predicted molar refractivity (Wildman–Crippen MR) is 80.4 cm³/mol. The molecule has 3 atom stereocenters. The zero-order chi connectivity index (χ0) is 13.7. The Morgan fingerprint density at radius 1 is 1.37 bits per heavy atom. The smallest absolute Gasteiger partial charge is 0.0506 e. The molecule has 2 aliphatic rings.